The Morgan fingerprint density at radius 3 is 2.84 bits per heavy atom. The standard InChI is InChI=1S/C17H14N6OS/c1-23-12-7-3-2-6-11(12)15-16(23)20-17(22-21-15)25-10-14(24)19-13-8-4-5-9-18-13/h2-9H,10H2,1H3,(H,18,19,24). The Labute approximate surface area is 147 Å². The lowest BCUT2D eigenvalue weighted by Crippen LogP contribution is -2.15. The number of fused-ring (bicyclic) bond motifs is 3. The molecule has 0 fully saturated rings. The number of nitrogens with one attached hydrogen (secondary N) is 1. The van der Waals surface area contributed by atoms with Crippen LogP contribution in [-0.4, -0.2) is 36.4 Å². The van der Waals surface area contributed by atoms with E-state index in [-0.39, 0.29) is 11.7 Å². The van der Waals surface area contributed by atoms with E-state index in [1.807, 2.05) is 41.9 Å². The molecule has 7 nitrogen and oxygen atoms in total. The lowest BCUT2D eigenvalue weighted by molar-refractivity contribution is -0.113. The molecule has 0 aliphatic carbocycles. The van der Waals surface area contributed by atoms with Crippen molar-refractivity contribution in [3.05, 3.63) is 48.7 Å². The van der Waals surface area contributed by atoms with Gasteiger partial charge in [-0.05, 0) is 18.2 Å². The van der Waals surface area contributed by atoms with Gasteiger partial charge in [0.25, 0.3) is 0 Å². The fraction of sp³-hybridized carbons (Fsp3) is 0.118. The summed E-state index contributed by atoms with van der Waals surface area (Å²) in [4.78, 5) is 20.6. The highest BCUT2D eigenvalue weighted by Crippen LogP contribution is 2.25. The minimum Gasteiger partial charge on any atom is -0.327 e. The third kappa shape index (κ3) is 3.03. The molecular weight excluding hydrogens is 336 g/mol. The van der Waals surface area contributed by atoms with Crippen molar-refractivity contribution >= 4 is 45.6 Å². The number of thioether (sulfide) groups is 1. The maximum Gasteiger partial charge on any atom is 0.236 e. The molecule has 0 saturated carbocycles. The molecule has 0 radical (unpaired) electrons. The van der Waals surface area contributed by atoms with Crippen LogP contribution in [0.3, 0.4) is 0 Å². The van der Waals surface area contributed by atoms with Gasteiger partial charge in [0.2, 0.25) is 11.1 Å². The van der Waals surface area contributed by atoms with Gasteiger partial charge >= 0.3 is 0 Å². The molecule has 0 aliphatic heterocycles. The van der Waals surface area contributed by atoms with Crippen molar-refractivity contribution in [1.82, 2.24) is 24.7 Å². The van der Waals surface area contributed by atoms with Gasteiger partial charge < -0.3 is 9.88 Å². The number of amides is 1. The Bertz CT molecular complexity index is 1060. The zero-order chi connectivity index (χ0) is 17.2. The van der Waals surface area contributed by atoms with E-state index in [0.717, 1.165) is 22.1 Å². The third-order valence-corrected chi connectivity index (χ3v) is 4.59. The van der Waals surface area contributed by atoms with Crippen LogP contribution in [0.25, 0.3) is 22.1 Å². The smallest absolute Gasteiger partial charge is 0.236 e. The lowest BCUT2D eigenvalue weighted by atomic mass is 10.2. The minimum atomic E-state index is -0.163. The highest BCUT2D eigenvalue weighted by Gasteiger charge is 2.13. The Morgan fingerprint density at radius 1 is 1.16 bits per heavy atom. The van der Waals surface area contributed by atoms with Gasteiger partial charge in [-0.1, -0.05) is 36.0 Å². The van der Waals surface area contributed by atoms with Crippen molar-refractivity contribution in [1.29, 1.82) is 0 Å². The summed E-state index contributed by atoms with van der Waals surface area (Å²) >= 11 is 1.24. The number of aromatic nitrogens is 5. The maximum absolute atomic E-state index is 12.0. The van der Waals surface area contributed by atoms with Gasteiger partial charge in [0, 0.05) is 18.6 Å². The van der Waals surface area contributed by atoms with Crippen molar-refractivity contribution in [3.63, 3.8) is 0 Å². The second-order valence-corrected chi connectivity index (χ2v) is 6.34. The zero-order valence-corrected chi connectivity index (χ0v) is 14.2. The molecule has 0 spiro atoms. The Hall–Kier alpha value is -3.00. The minimum absolute atomic E-state index is 0.163. The van der Waals surface area contributed by atoms with Crippen LogP contribution in [-0.2, 0) is 11.8 Å². The van der Waals surface area contributed by atoms with Crippen LogP contribution in [0.15, 0.2) is 53.8 Å². The summed E-state index contributed by atoms with van der Waals surface area (Å²) in [6.07, 6.45) is 1.63. The molecule has 0 bridgehead atoms. The molecule has 4 aromatic rings. The van der Waals surface area contributed by atoms with Crippen LogP contribution in [0.2, 0.25) is 0 Å². The molecule has 25 heavy (non-hydrogen) atoms. The highest BCUT2D eigenvalue weighted by molar-refractivity contribution is 7.99. The van der Waals surface area contributed by atoms with E-state index in [4.69, 9.17) is 0 Å². The summed E-state index contributed by atoms with van der Waals surface area (Å²) in [6.45, 7) is 0. The number of nitrogens with zero attached hydrogens (tertiary/aromatic N) is 5. The molecule has 124 valence electrons. The fourth-order valence-corrected chi connectivity index (χ4v) is 3.18. The summed E-state index contributed by atoms with van der Waals surface area (Å²) in [6, 6.07) is 13.3. The molecule has 0 unspecified atom stereocenters. The number of hydrogen-bond acceptors (Lipinski definition) is 6. The van der Waals surface area contributed by atoms with Crippen LogP contribution >= 0.6 is 11.8 Å². The molecule has 0 atom stereocenters. The molecule has 0 aliphatic rings. The summed E-state index contributed by atoms with van der Waals surface area (Å²) in [5.41, 5.74) is 2.57. The summed E-state index contributed by atoms with van der Waals surface area (Å²) in [5, 5.41) is 12.7. The number of hydrogen-bond donors (Lipinski definition) is 1. The molecular formula is C17H14N6OS. The third-order valence-electron chi connectivity index (χ3n) is 3.75. The molecule has 0 saturated heterocycles. The van der Waals surface area contributed by atoms with Crippen molar-refractivity contribution in [3.8, 4) is 0 Å². The molecule has 8 heteroatoms. The van der Waals surface area contributed by atoms with Crippen LogP contribution in [0.1, 0.15) is 0 Å². The number of carbonyl (C=O) groups is 1. The van der Waals surface area contributed by atoms with Crippen LogP contribution < -0.4 is 5.32 Å². The van der Waals surface area contributed by atoms with Crippen molar-refractivity contribution in [2.24, 2.45) is 7.05 Å². The first-order valence-corrected chi connectivity index (χ1v) is 8.62. The van der Waals surface area contributed by atoms with Crippen LogP contribution in [0, 0.1) is 0 Å². The second-order valence-electron chi connectivity index (χ2n) is 5.39. The zero-order valence-electron chi connectivity index (χ0n) is 13.4. The van der Waals surface area contributed by atoms with E-state index in [1.54, 1.807) is 18.3 Å². The molecule has 4 rings (SSSR count). The van der Waals surface area contributed by atoms with E-state index < -0.39 is 0 Å². The van der Waals surface area contributed by atoms with Crippen molar-refractivity contribution in [2.45, 2.75) is 5.16 Å². The first-order chi connectivity index (χ1) is 12.2. The molecule has 1 N–H and O–H groups in total. The van der Waals surface area contributed by atoms with Crippen molar-refractivity contribution < 1.29 is 4.79 Å². The molecule has 3 aromatic heterocycles. The first-order valence-electron chi connectivity index (χ1n) is 7.64. The van der Waals surface area contributed by atoms with Gasteiger partial charge in [-0.15, -0.1) is 10.2 Å². The number of para-hydroxylation sites is 1. The quantitative estimate of drug-likeness (QED) is 0.570. The van der Waals surface area contributed by atoms with Gasteiger partial charge in [-0.2, -0.15) is 0 Å². The van der Waals surface area contributed by atoms with E-state index in [9.17, 15) is 4.79 Å². The molecule has 1 aromatic carbocycles. The van der Waals surface area contributed by atoms with E-state index in [2.05, 4.69) is 25.5 Å². The van der Waals surface area contributed by atoms with Crippen molar-refractivity contribution in [2.75, 3.05) is 11.1 Å². The second kappa shape index (κ2) is 6.48. The van der Waals surface area contributed by atoms with E-state index in [0.29, 0.717) is 11.0 Å². The molecule has 3 heterocycles. The SMILES string of the molecule is Cn1c2ccccc2c2nnc(SCC(=O)Nc3ccccn3)nc21. The predicted octanol–water partition coefficient (Wildman–Crippen LogP) is 2.64. The number of anilines is 1. The monoisotopic (exact) mass is 350 g/mol. The average molecular weight is 350 g/mol. The normalized spacial score (nSPS) is 11.1. The number of benzene rings is 1. The maximum atomic E-state index is 12.0. The number of carbonyl (C=O) groups excluding carboxylic acids is 1. The van der Waals surface area contributed by atoms with Gasteiger partial charge in [-0.3, -0.25) is 4.79 Å². The van der Waals surface area contributed by atoms with E-state index in [1.165, 1.54) is 11.8 Å². The first kappa shape index (κ1) is 15.5. The average Bonchev–Trinajstić information content (AvgIpc) is 2.93. The largest absolute Gasteiger partial charge is 0.327 e. The lowest BCUT2D eigenvalue weighted by Gasteiger charge is -2.03. The van der Waals surface area contributed by atoms with Gasteiger partial charge in [-0.25, -0.2) is 9.97 Å². The Morgan fingerprint density at radius 2 is 2.00 bits per heavy atom. The van der Waals surface area contributed by atoms with Gasteiger partial charge in [0.15, 0.2) is 5.65 Å². The van der Waals surface area contributed by atoms with Crippen LogP contribution in [0.4, 0.5) is 5.82 Å². The van der Waals surface area contributed by atoms with Gasteiger partial charge in [0.05, 0.1) is 11.3 Å². The number of pyridine rings is 1. The Kier molecular flexibility index (Phi) is 4.02. The Balaban J connectivity index is 1.53. The summed E-state index contributed by atoms with van der Waals surface area (Å²) < 4.78 is 1.98. The fourth-order valence-electron chi connectivity index (χ4n) is 2.60. The highest BCUT2D eigenvalue weighted by atomic mass is 32.2. The number of rotatable bonds is 4. The predicted molar refractivity (Wildman–Crippen MR) is 97.4 cm³/mol. The topological polar surface area (TPSA) is 85.6 Å². The summed E-state index contributed by atoms with van der Waals surface area (Å²) in [7, 11) is 1.95. The number of aryl methyl sites for hydroxylation is 1. The van der Waals surface area contributed by atoms with Crippen LogP contribution in [0.5, 0.6) is 0 Å². The summed E-state index contributed by atoms with van der Waals surface area (Å²) in [5.74, 6) is 0.550. The van der Waals surface area contributed by atoms with Gasteiger partial charge in [0.1, 0.15) is 11.3 Å². The molecule has 1 amide bonds. The van der Waals surface area contributed by atoms with E-state index >= 15 is 0 Å².